The lowest BCUT2D eigenvalue weighted by atomic mass is 10.1. The molecule has 23 heavy (non-hydrogen) atoms. The molecule has 2 rings (SSSR count). The van der Waals surface area contributed by atoms with E-state index in [1.54, 1.807) is 18.2 Å². The molecule has 2 aromatic carbocycles. The van der Waals surface area contributed by atoms with Gasteiger partial charge in [-0.05, 0) is 30.5 Å². The number of benzene rings is 2. The molecule has 2 N–H and O–H groups in total. The predicted molar refractivity (Wildman–Crippen MR) is 97.3 cm³/mol. The first-order valence-electron chi connectivity index (χ1n) is 7.65. The molecule has 0 aliphatic carbocycles. The topological polar surface area (TPSA) is 41.1 Å². The van der Waals surface area contributed by atoms with Crippen LogP contribution in [0.5, 0.6) is 0 Å². The van der Waals surface area contributed by atoms with E-state index in [-0.39, 0.29) is 5.91 Å². The summed E-state index contributed by atoms with van der Waals surface area (Å²) < 4.78 is 0. The lowest BCUT2D eigenvalue weighted by molar-refractivity contribution is -0.120. The van der Waals surface area contributed by atoms with Gasteiger partial charge in [-0.15, -0.1) is 0 Å². The number of halogens is 2. The number of nitrogens with one attached hydrogen (secondary N) is 2. The Morgan fingerprint density at radius 1 is 0.913 bits per heavy atom. The van der Waals surface area contributed by atoms with Gasteiger partial charge in [0.05, 0.1) is 15.7 Å². The fourth-order valence-corrected chi connectivity index (χ4v) is 2.75. The van der Waals surface area contributed by atoms with Crippen molar-refractivity contribution in [2.75, 3.05) is 18.4 Å². The molecule has 0 saturated carbocycles. The molecular weight excluding hydrogens is 331 g/mol. The van der Waals surface area contributed by atoms with Gasteiger partial charge in [-0.3, -0.25) is 4.79 Å². The molecule has 5 heteroatoms. The monoisotopic (exact) mass is 350 g/mol. The highest BCUT2D eigenvalue weighted by molar-refractivity contribution is 6.39. The smallest absolute Gasteiger partial charge is 0.221 e. The number of carbonyl (C=O) groups is 1. The number of para-hydroxylation sites is 1. The zero-order valence-corrected chi connectivity index (χ0v) is 14.3. The first-order valence-corrected chi connectivity index (χ1v) is 8.41. The summed E-state index contributed by atoms with van der Waals surface area (Å²) in [6, 6.07) is 15.6. The molecule has 3 nitrogen and oxygen atoms in total. The van der Waals surface area contributed by atoms with E-state index in [9.17, 15) is 4.79 Å². The highest BCUT2D eigenvalue weighted by Crippen LogP contribution is 2.29. The van der Waals surface area contributed by atoms with E-state index in [1.807, 2.05) is 18.2 Å². The van der Waals surface area contributed by atoms with Crippen LogP contribution in [0.3, 0.4) is 0 Å². The number of carbonyl (C=O) groups excluding carboxylic acids is 1. The maximum atomic E-state index is 11.8. The zero-order chi connectivity index (χ0) is 16.5. The van der Waals surface area contributed by atoms with E-state index < -0.39 is 0 Å². The van der Waals surface area contributed by atoms with Gasteiger partial charge in [-0.25, -0.2) is 0 Å². The van der Waals surface area contributed by atoms with Crippen LogP contribution >= 0.6 is 23.2 Å². The molecular formula is C18H20Cl2N2O. The second kappa shape index (κ2) is 9.43. The average Bonchev–Trinajstić information content (AvgIpc) is 2.55. The van der Waals surface area contributed by atoms with Crippen LogP contribution in [-0.2, 0) is 11.2 Å². The summed E-state index contributed by atoms with van der Waals surface area (Å²) in [5.41, 5.74) is 1.96. The SMILES string of the molecule is O=C(CCNc1c(Cl)cccc1Cl)NCCCc1ccccc1. The van der Waals surface area contributed by atoms with Crippen molar-refractivity contribution in [3.05, 3.63) is 64.1 Å². The Morgan fingerprint density at radius 3 is 2.30 bits per heavy atom. The molecule has 0 heterocycles. The predicted octanol–water partition coefficient (Wildman–Crippen LogP) is 4.54. The van der Waals surface area contributed by atoms with Gasteiger partial charge in [0.15, 0.2) is 0 Å². The number of hydrogen-bond acceptors (Lipinski definition) is 2. The molecule has 0 unspecified atom stereocenters. The molecule has 0 atom stereocenters. The van der Waals surface area contributed by atoms with Gasteiger partial charge >= 0.3 is 0 Å². The number of aryl methyl sites for hydroxylation is 1. The van der Waals surface area contributed by atoms with Gasteiger partial charge in [-0.1, -0.05) is 59.6 Å². The van der Waals surface area contributed by atoms with Crippen molar-refractivity contribution in [2.24, 2.45) is 0 Å². The first-order chi connectivity index (χ1) is 11.2. The van der Waals surface area contributed by atoms with Crippen molar-refractivity contribution in [1.29, 1.82) is 0 Å². The molecule has 0 radical (unpaired) electrons. The Hall–Kier alpha value is -1.71. The Morgan fingerprint density at radius 2 is 1.61 bits per heavy atom. The third kappa shape index (κ3) is 6.12. The zero-order valence-electron chi connectivity index (χ0n) is 12.8. The van der Waals surface area contributed by atoms with Gasteiger partial charge in [-0.2, -0.15) is 0 Å². The third-order valence-electron chi connectivity index (χ3n) is 3.42. The van der Waals surface area contributed by atoms with Gasteiger partial charge in [0, 0.05) is 19.5 Å². The number of amides is 1. The quantitative estimate of drug-likeness (QED) is 0.686. The summed E-state index contributed by atoms with van der Waals surface area (Å²) in [7, 11) is 0. The highest BCUT2D eigenvalue weighted by Gasteiger charge is 2.06. The van der Waals surface area contributed by atoms with Gasteiger partial charge in [0.25, 0.3) is 0 Å². The molecule has 2 aromatic rings. The van der Waals surface area contributed by atoms with Crippen LogP contribution in [0, 0.1) is 0 Å². The van der Waals surface area contributed by atoms with Crippen molar-refractivity contribution in [2.45, 2.75) is 19.3 Å². The van der Waals surface area contributed by atoms with Crippen molar-refractivity contribution in [3.63, 3.8) is 0 Å². The van der Waals surface area contributed by atoms with Crippen molar-refractivity contribution in [1.82, 2.24) is 5.32 Å². The molecule has 1 amide bonds. The van der Waals surface area contributed by atoms with Gasteiger partial charge < -0.3 is 10.6 Å². The van der Waals surface area contributed by atoms with Gasteiger partial charge in [0.2, 0.25) is 5.91 Å². The molecule has 122 valence electrons. The standard InChI is InChI=1S/C18H20Cl2N2O/c19-15-9-4-10-16(20)18(15)22-13-11-17(23)21-12-5-8-14-6-2-1-3-7-14/h1-4,6-7,9-10,22H,5,8,11-13H2,(H,21,23). The maximum absolute atomic E-state index is 11.8. The van der Waals surface area contributed by atoms with Crippen LogP contribution in [0.2, 0.25) is 10.0 Å². The minimum atomic E-state index is 0.0220. The normalized spacial score (nSPS) is 10.3. The Kier molecular flexibility index (Phi) is 7.24. The first kappa shape index (κ1) is 17.6. The Labute approximate surface area is 147 Å². The summed E-state index contributed by atoms with van der Waals surface area (Å²) in [5.74, 6) is 0.0220. The van der Waals surface area contributed by atoms with Crippen LogP contribution in [0.1, 0.15) is 18.4 Å². The molecule has 0 aromatic heterocycles. The van der Waals surface area contributed by atoms with E-state index in [0.29, 0.717) is 35.2 Å². The van der Waals surface area contributed by atoms with Crippen LogP contribution in [0.25, 0.3) is 0 Å². The number of rotatable bonds is 8. The van der Waals surface area contributed by atoms with E-state index >= 15 is 0 Å². The summed E-state index contributed by atoms with van der Waals surface area (Å²) in [5, 5.41) is 7.14. The molecule has 0 spiro atoms. The highest BCUT2D eigenvalue weighted by atomic mass is 35.5. The summed E-state index contributed by atoms with van der Waals surface area (Å²) in [6.07, 6.45) is 2.28. The second-order valence-electron chi connectivity index (χ2n) is 5.21. The van der Waals surface area contributed by atoms with E-state index in [0.717, 1.165) is 12.8 Å². The summed E-state index contributed by atoms with van der Waals surface area (Å²) in [4.78, 5) is 11.8. The molecule has 0 fully saturated rings. The maximum Gasteiger partial charge on any atom is 0.221 e. The largest absolute Gasteiger partial charge is 0.382 e. The summed E-state index contributed by atoms with van der Waals surface area (Å²) in [6.45, 7) is 1.18. The summed E-state index contributed by atoms with van der Waals surface area (Å²) >= 11 is 12.1. The molecule has 0 aliphatic heterocycles. The van der Waals surface area contributed by atoms with Crippen molar-refractivity contribution >= 4 is 34.8 Å². The third-order valence-corrected chi connectivity index (χ3v) is 4.05. The van der Waals surface area contributed by atoms with Crippen LogP contribution in [-0.4, -0.2) is 19.0 Å². The Bertz CT molecular complexity index is 612. The van der Waals surface area contributed by atoms with Crippen LogP contribution in [0.4, 0.5) is 5.69 Å². The lowest BCUT2D eigenvalue weighted by Crippen LogP contribution is -2.26. The van der Waals surface area contributed by atoms with Gasteiger partial charge in [0.1, 0.15) is 0 Å². The minimum Gasteiger partial charge on any atom is -0.382 e. The van der Waals surface area contributed by atoms with Crippen LogP contribution < -0.4 is 10.6 Å². The van der Waals surface area contributed by atoms with Crippen molar-refractivity contribution < 1.29 is 4.79 Å². The van der Waals surface area contributed by atoms with E-state index in [4.69, 9.17) is 23.2 Å². The fourth-order valence-electron chi connectivity index (χ4n) is 2.22. The molecule has 0 bridgehead atoms. The van der Waals surface area contributed by atoms with E-state index in [2.05, 4.69) is 22.8 Å². The average molecular weight is 351 g/mol. The van der Waals surface area contributed by atoms with Crippen molar-refractivity contribution in [3.8, 4) is 0 Å². The number of hydrogen-bond donors (Lipinski definition) is 2. The minimum absolute atomic E-state index is 0.0220. The van der Waals surface area contributed by atoms with Crippen LogP contribution in [0.15, 0.2) is 48.5 Å². The van der Waals surface area contributed by atoms with E-state index in [1.165, 1.54) is 5.56 Å². The molecule has 0 aliphatic rings. The number of anilines is 1. The lowest BCUT2D eigenvalue weighted by Gasteiger charge is -2.10. The Balaban J connectivity index is 1.62. The fraction of sp³-hybridized carbons (Fsp3) is 0.278. The second-order valence-corrected chi connectivity index (χ2v) is 6.03. The molecule has 0 saturated heterocycles.